The summed E-state index contributed by atoms with van der Waals surface area (Å²) in [6.07, 6.45) is 2.43. The number of ketones is 1. The molecule has 0 amide bonds. The van der Waals surface area contributed by atoms with Crippen molar-refractivity contribution in [2.45, 2.75) is 33.6 Å². The number of hydrogen-bond acceptors (Lipinski definition) is 3. The Kier molecular flexibility index (Phi) is 4.93. The van der Waals surface area contributed by atoms with Crippen LogP contribution in [-0.4, -0.2) is 44.0 Å². The Morgan fingerprint density at radius 3 is 2.69 bits per heavy atom. The largest absolute Gasteiger partial charge is 0.381 e. The Balaban J connectivity index is 2.34. The molecule has 1 rings (SSSR count). The first kappa shape index (κ1) is 13.7. The lowest BCUT2D eigenvalue weighted by molar-refractivity contribution is -0.125. The van der Waals surface area contributed by atoms with Gasteiger partial charge in [0.2, 0.25) is 0 Å². The highest BCUT2D eigenvalue weighted by molar-refractivity contribution is 5.81. The molecule has 0 aromatic rings. The van der Waals surface area contributed by atoms with Crippen LogP contribution in [0.3, 0.4) is 0 Å². The van der Waals surface area contributed by atoms with Crippen LogP contribution in [0.15, 0.2) is 0 Å². The third-order valence-electron chi connectivity index (χ3n) is 3.44. The van der Waals surface area contributed by atoms with Crippen LogP contribution >= 0.6 is 0 Å². The quantitative estimate of drug-likeness (QED) is 0.719. The molecule has 0 saturated carbocycles. The maximum absolute atomic E-state index is 11.4. The van der Waals surface area contributed by atoms with E-state index in [-0.39, 0.29) is 11.2 Å². The standard InChI is InChI=1S/C13H25NO2/c1-11(15)13(2,3)10-14(4)8-12-6-5-7-16-9-12/h12H,5-10H2,1-4H3. The minimum Gasteiger partial charge on any atom is -0.381 e. The number of Topliss-reactive ketones (excluding diaryl/α,β-unsaturated/α-hetero) is 1. The molecule has 1 aliphatic heterocycles. The molecule has 0 aromatic carbocycles. The van der Waals surface area contributed by atoms with E-state index in [9.17, 15) is 4.79 Å². The third-order valence-corrected chi connectivity index (χ3v) is 3.44. The number of ether oxygens (including phenoxy) is 1. The number of carbonyl (C=O) groups is 1. The van der Waals surface area contributed by atoms with Gasteiger partial charge in [-0.2, -0.15) is 0 Å². The molecule has 1 heterocycles. The van der Waals surface area contributed by atoms with Gasteiger partial charge in [-0.15, -0.1) is 0 Å². The van der Waals surface area contributed by atoms with E-state index in [0.29, 0.717) is 5.92 Å². The molecule has 16 heavy (non-hydrogen) atoms. The molecule has 1 unspecified atom stereocenters. The SMILES string of the molecule is CC(=O)C(C)(C)CN(C)CC1CCCOC1. The van der Waals surface area contributed by atoms with Gasteiger partial charge in [0.1, 0.15) is 5.78 Å². The average molecular weight is 227 g/mol. The fraction of sp³-hybridized carbons (Fsp3) is 0.923. The minimum absolute atomic E-state index is 0.232. The Labute approximate surface area is 99.1 Å². The number of rotatable bonds is 5. The van der Waals surface area contributed by atoms with Gasteiger partial charge in [0.05, 0.1) is 6.61 Å². The van der Waals surface area contributed by atoms with Crippen molar-refractivity contribution in [3.63, 3.8) is 0 Å². The van der Waals surface area contributed by atoms with Crippen LogP contribution in [0.4, 0.5) is 0 Å². The predicted octanol–water partition coefficient (Wildman–Crippen LogP) is 1.96. The lowest BCUT2D eigenvalue weighted by Gasteiger charge is -2.32. The van der Waals surface area contributed by atoms with E-state index in [1.165, 1.54) is 12.8 Å². The highest BCUT2D eigenvalue weighted by Crippen LogP contribution is 2.20. The summed E-state index contributed by atoms with van der Waals surface area (Å²) in [6, 6.07) is 0. The van der Waals surface area contributed by atoms with Gasteiger partial charge in [0, 0.05) is 25.1 Å². The Morgan fingerprint density at radius 2 is 2.19 bits per heavy atom. The molecule has 0 aliphatic carbocycles. The highest BCUT2D eigenvalue weighted by Gasteiger charge is 2.26. The van der Waals surface area contributed by atoms with Crippen molar-refractivity contribution >= 4 is 5.78 Å². The molecule has 1 saturated heterocycles. The summed E-state index contributed by atoms with van der Waals surface area (Å²) < 4.78 is 5.47. The van der Waals surface area contributed by atoms with Gasteiger partial charge in [-0.1, -0.05) is 13.8 Å². The Morgan fingerprint density at radius 1 is 1.50 bits per heavy atom. The molecular weight excluding hydrogens is 202 g/mol. The van der Waals surface area contributed by atoms with Crippen LogP contribution in [0, 0.1) is 11.3 Å². The van der Waals surface area contributed by atoms with E-state index in [1.54, 1.807) is 6.92 Å². The second kappa shape index (κ2) is 5.78. The number of hydrogen-bond donors (Lipinski definition) is 0. The molecule has 0 bridgehead atoms. The fourth-order valence-electron chi connectivity index (χ4n) is 2.24. The maximum Gasteiger partial charge on any atom is 0.136 e. The van der Waals surface area contributed by atoms with Crippen molar-refractivity contribution in [2.24, 2.45) is 11.3 Å². The molecule has 1 fully saturated rings. The van der Waals surface area contributed by atoms with Crippen LogP contribution in [-0.2, 0) is 9.53 Å². The zero-order valence-electron chi connectivity index (χ0n) is 11.1. The molecule has 0 aromatic heterocycles. The van der Waals surface area contributed by atoms with E-state index in [4.69, 9.17) is 4.74 Å². The van der Waals surface area contributed by atoms with Crippen molar-refractivity contribution in [3.05, 3.63) is 0 Å². The van der Waals surface area contributed by atoms with Gasteiger partial charge in [-0.3, -0.25) is 4.79 Å². The van der Waals surface area contributed by atoms with Gasteiger partial charge in [-0.05, 0) is 32.7 Å². The number of nitrogens with zero attached hydrogens (tertiary/aromatic N) is 1. The first-order valence-electron chi connectivity index (χ1n) is 6.19. The van der Waals surface area contributed by atoms with E-state index in [0.717, 1.165) is 26.3 Å². The van der Waals surface area contributed by atoms with Gasteiger partial charge < -0.3 is 9.64 Å². The molecule has 94 valence electrons. The Hall–Kier alpha value is -0.410. The average Bonchev–Trinajstić information content (AvgIpc) is 2.17. The second-order valence-electron chi connectivity index (χ2n) is 5.72. The zero-order valence-corrected chi connectivity index (χ0v) is 11.1. The van der Waals surface area contributed by atoms with Crippen LogP contribution in [0.2, 0.25) is 0 Å². The van der Waals surface area contributed by atoms with Crippen molar-refractivity contribution in [1.29, 1.82) is 0 Å². The summed E-state index contributed by atoms with van der Waals surface area (Å²) in [4.78, 5) is 13.7. The van der Waals surface area contributed by atoms with E-state index < -0.39 is 0 Å². The van der Waals surface area contributed by atoms with E-state index in [2.05, 4.69) is 11.9 Å². The molecule has 0 N–H and O–H groups in total. The first-order valence-corrected chi connectivity index (χ1v) is 6.19. The lowest BCUT2D eigenvalue weighted by Crippen LogP contribution is -2.39. The predicted molar refractivity (Wildman–Crippen MR) is 65.5 cm³/mol. The monoisotopic (exact) mass is 227 g/mol. The zero-order chi connectivity index (χ0) is 12.2. The van der Waals surface area contributed by atoms with Gasteiger partial charge >= 0.3 is 0 Å². The fourth-order valence-corrected chi connectivity index (χ4v) is 2.24. The number of carbonyl (C=O) groups excluding carboxylic acids is 1. The van der Waals surface area contributed by atoms with Gasteiger partial charge in [0.15, 0.2) is 0 Å². The molecule has 0 spiro atoms. The van der Waals surface area contributed by atoms with Crippen LogP contribution < -0.4 is 0 Å². The smallest absolute Gasteiger partial charge is 0.136 e. The van der Waals surface area contributed by atoms with Crippen molar-refractivity contribution in [2.75, 3.05) is 33.4 Å². The Bertz CT molecular complexity index is 232. The second-order valence-corrected chi connectivity index (χ2v) is 5.72. The molecule has 3 heteroatoms. The van der Waals surface area contributed by atoms with Crippen LogP contribution in [0.5, 0.6) is 0 Å². The molecule has 1 aliphatic rings. The van der Waals surface area contributed by atoms with Crippen molar-refractivity contribution < 1.29 is 9.53 Å². The summed E-state index contributed by atoms with van der Waals surface area (Å²) in [6.45, 7) is 9.38. The van der Waals surface area contributed by atoms with E-state index in [1.807, 2.05) is 13.8 Å². The molecule has 3 nitrogen and oxygen atoms in total. The van der Waals surface area contributed by atoms with Gasteiger partial charge in [-0.25, -0.2) is 0 Å². The molecular formula is C13H25NO2. The summed E-state index contributed by atoms with van der Waals surface area (Å²) in [5, 5.41) is 0. The topological polar surface area (TPSA) is 29.5 Å². The maximum atomic E-state index is 11.4. The summed E-state index contributed by atoms with van der Waals surface area (Å²) in [5.74, 6) is 0.903. The van der Waals surface area contributed by atoms with Crippen molar-refractivity contribution in [1.82, 2.24) is 4.90 Å². The van der Waals surface area contributed by atoms with Crippen LogP contribution in [0.1, 0.15) is 33.6 Å². The lowest BCUT2D eigenvalue weighted by atomic mass is 9.88. The highest BCUT2D eigenvalue weighted by atomic mass is 16.5. The molecule has 1 atom stereocenters. The minimum atomic E-state index is -0.232. The van der Waals surface area contributed by atoms with Crippen molar-refractivity contribution in [3.8, 4) is 0 Å². The summed E-state index contributed by atoms with van der Waals surface area (Å²) in [5.41, 5.74) is -0.232. The molecule has 0 radical (unpaired) electrons. The normalized spacial score (nSPS) is 22.4. The van der Waals surface area contributed by atoms with E-state index >= 15 is 0 Å². The summed E-state index contributed by atoms with van der Waals surface area (Å²) >= 11 is 0. The third kappa shape index (κ3) is 4.22. The van der Waals surface area contributed by atoms with Crippen LogP contribution in [0.25, 0.3) is 0 Å². The first-order chi connectivity index (χ1) is 7.42. The summed E-state index contributed by atoms with van der Waals surface area (Å²) in [7, 11) is 2.10. The van der Waals surface area contributed by atoms with Gasteiger partial charge in [0.25, 0.3) is 0 Å².